The molecule has 0 aromatic carbocycles. The van der Waals surface area contributed by atoms with E-state index in [0.29, 0.717) is 5.69 Å². The molecule has 3 rings (SSSR count). The molecule has 0 spiro atoms. The van der Waals surface area contributed by atoms with Crippen LogP contribution in [0, 0.1) is 0 Å². The van der Waals surface area contributed by atoms with Crippen LogP contribution in [0.1, 0.15) is 29.2 Å². The zero-order valence-electron chi connectivity index (χ0n) is 10.4. The summed E-state index contributed by atoms with van der Waals surface area (Å²) in [5.41, 5.74) is 1.14. The summed E-state index contributed by atoms with van der Waals surface area (Å²) in [6.07, 6.45) is 5.15. The lowest BCUT2D eigenvalue weighted by Gasteiger charge is -2.09. The first-order valence-corrected chi connectivity index (χ1v) is 6.02. The van der Waals surface area contributed by atoms with Crippen molar-refractivity contribution in [1.29, 1.82) is 0 Å². The van der Waals surface area contributed by atoms with Gasteiger partial charge in [0.15, 0.2) is 0 Å². The van der Waals surface area contributed by atoms with Gasteiger partial charge in [-0.3, -0.25) is 4.79 Å². The van der Waals surface area contributed by atoms with Gasteiger partial charge in [-0.2, -0.15) is 0 Å². The fraction of sp³-hybridized carbons (Fsp3) is 0.143. The molecule has 0 radical (unpaired) electrons. The van der Waals surface area contributed by atoms with Gasteiger partial charge in [-0.1, -0.05) is 6.07 Å². The van der Waals surface area contributed by atoms with Crippen molar-refractivity contribution in [2.24, 2.45) is 0 Å². The predicted octanol–water partition coefficient (Wildman–Crippen LogP) is 2.42. The van der Waals surface area contributed by atoms with Crippen molar-refractivity contribution < 1.29 is 9.21 Å². The Kier molecular flexibility index (Phi) is 2.79. The molecule has 0 fully saturated rings. The van der Waals surface area contributed by atoms with Crippen LogP contribution >= 0.6 is 0 Å². The number of furan rings is 1. The van der Waals surface area contributed by atoms with Crippen molar-refractivity contribution in [2.75, 3.05) is 0 Å². The van der Waals surface area contributed by atoms with E-state index in [-0.39, 0.29) is 11.9 Å². The summed E-state index contributed by atoms with van der Waals surface area (Å²) in [5, 5.41) is 2.85. The topological polar surface area (TPSA) is 59.5 Å². The first kappa shape index (κ1) is 11.5. The van der Waals surface area contributed by atoms with Gasteiger partial charge in [-0.15, -0.1) is 0 Å². The fourth-order valence-corrected chi connectivity index (χ4v) is 1.92. The van der Waals surface area contributed by atoms with Crippen LogP contribution in [0.25, 0.3) is 5.65 Å². The third-order valence-electron chi connectivity index (χ3n) is 2.91. The largest absolute Gasteiger partial charge is 0.467 e. The van der Waals surface area contributed by atoms with E-state index in [4.69, 9.17) is 4.42 Å². The van der Waals surface area contributed by atoms with Crippen molar-refractivity contribution in [1.82, 2.24) is 14.7 Å². The maximum atomic E-state index is 12.1. The summed E-state index contributed by atoms with van der Waals surface area (Å²) < 4.78 is 7.06. The number of hydrogen-bond acceptors (Lipinski definition) is 3. The van der Waals surface area contributed by atoms with E-state index in [0.717, 1.165) is 11.4 Å². The molecule has 0 saturated carbocycles. The fourth-order valence-electron chi connectivity index (χ4n) is 1.92. The second-order valence-electron chi connectivity index (χ2n) is 4.30. The van der Waals surface area contributed by atoms with Crippen LogP contribution in [0.2, 0.25) is 0 Å². The normalized spacial score (nSPS) is 12.5. The molecular formula is C14H13N3O2. The maximum Gasteiger partial charge on any atom is 0.272 e. The number of imidazole rings is 1. The molecule has 1 atom stereocenters. The summed E-state index contributed by atoms with van der Waals surface area (Å²) in [6, 6.07) is 9.06. The van der Waals surface area contributed by atoms with Gasteiger partial charge in [0.25, 0.3) is 5.91 Å². The van der Waals surface area contributed by atoms with Gasteiger partial charge in [0.2, 0.25) is 0 Å². The molecule has 19 heavy (non-hydrogen) atoms. The molecule has 0 bridgehead atoms. The smallest absolute Gasteiger partial charge is 0.272 e. The molecule has 3 aromatic heterocycles. The average molecular weight is 255 g/mol. The van der Waals surface area contributed by atoms with Crippen molar-refractivity contribution in [3.63, 3.8) is 0 Å². The van der Waals surface area contributed by atoms with Gasteiger partial charge in [0.1, 0.15) is 17.1 Å². The van der Waals surface area contributed by atoms with E-state index in [9.17, 15) is 4.79 Å². The monoisotopic (exact) mass is 255 g/mol. The van der Waals surface area contributed by atoms with E-state index in [1.54, 1.807) is 18.5 Å². The number of pyridine rings is 1. The van der Waals surface area contributed by atoms with Crippen LogP contribution in [-0.4, -0.2) is 15.3 Å². The summed E-state index contributed by atoms with van der Waals surface area (Å²) >= 11 is 0. The molecule has 0 aliphatic rings. The Morgan fingerprint density at radius 2 is 2.26 bits per heavy atom. The number of fused-ring (bicyclic) bond motifs is 1. The lowest BCUT2D eigenvalue weighted by atomic mass is 10.2. The number of hydrogen-bond donors (Lipinski definition) is 1. The number of nitrogens with zero attached hydrogens (tertiary/aromatic N) is 2. The van der Waals surface area contributed by atoms with Crippen molar-refractivity contribution in [2.45, 2.75) is 13.0 Å². The van der Waals surface area contributed by atoms with Gasteiger partial charge in [0.05, 0.1) is 12.3 Å². The number of carbonyl (C=O) groups is 1. The van der Waals surface area contributed by atoms with Crippen LogP contribution in [0.15, 0.2) is 53.4 Å². The zero-order chi connectivity index (χ0) is 13.2. The molecule has 5 heteroatoms. The summed E-state index contributed by atoms with van der Waals surface area (Å²) in [5.74, 6) is 0.504. The van der Waals surface area contributed by atoms with E-state index in [1.807, 2.05) is 41.8 Å². The van der Waals surface area contributed by atoms with Crippen molar-refractivity contribution >= 4 is 11.6 Å². The SMILES string of the molecule is C[C@H](NC(=O)c1cn2ccccc2n1)c1ccco1. The van der Waals surface area contributed by atoms with Crippen LogP contribution in [-0.2, 0) is 0 Å². The number of carbonyl (C=O) groups excluding carboxylic acids is 1. The number of aromatic nitrogens is 2. The van der Waals surface area contributed by atoms with E-state index < -0.39 is 0 Å². The van der Waals surface area contributed by atoms with Crippen molar-refractivity contribution in [3.05, 3.63) is 60.4 Å². The van der Waals surface area contributed by atoms with Crippen LogP contribution in [0.3, 0.4) is 0 Å². The Morgan fingerprint density at radius 3 is 3.00 bits per heavy atom. The molecule has 0 aliphatic carbocycles. The lowest BCUT2D eigenvalue weighted by molar-refractivity contribution is 0.0931. The Hall–Kier alpha value is -2.56. The third-order valence-corrected chi connectivity index (χ3v) is 2.91. The standard InChI is InChI=1S/C14H13N3O2/c1-10(12-5-4-8-19-12)15-14(18)11-9-17-7-3-2-6-13(17)16-11/h2-10H,1H3,(H,15,18)/t10-/m0/s1. The van der Waals surface area contributed by atoms with Crippen LogP contribution in [0.5, 0.6) is 0 Å². The molecule has 0 saturated heterocycles. The van der Waals surface area contributed by atoms with Gasteiger partial charge >= 0.3 is 0 Å². The predicted molar refractivity (Wildman–Crippen MR) is 69.8 cm³/mol. The summed E-state index contributed by atoms with van der Waals surface area (Å²) in [7, 11) is 0. The molecule has 1 N–H and O–H groups in total. The van der Waals surface area contributed by atoms with E-state index in [1.165, 1.54) is 0 Å². The molecule has 1 amide bonds. The number of amides is 1. The van der Waals surface area contributed by atoms with Gasteiger partial charge in [-0.25, -0.2) is 4.98 Å². The minimum absolute atomic E-state index is 0.188. The van der Waals surface area contributed by atoms with Crippen LogP contribution in [0.4, 0.5) is 0 Å². The minimum atomic E-state index is -0.215. The van der Waals surface area contributed by atoms with Gasteiger partial charge in [0, 0.05) is 12.4 Å². The summed E-state index contributed by atoms with van der Waals surface area (Å²) in [4.78, 5) is 16.4. The summed E-state index contributed by atoms with van der Waals surface area (Å²) in [6.45, 7) is 1.87. The van der Waals surface area contributed by atoms with E-state index in [2.05, 4.69) is 10.3 Å². The van der Waals surface area contributed by atoms with Crippen molar-refractivity contribution in [3.8, 4) is 0 Å². The van der Waals surface area contributed by atoms with Crippen LogP contribution < -0.4 is 5.32 Å². The lowest BCUT2D eigenvalue weighted by Crippen LogP contribution is -2.26. The highest BCUT2D eigenvalue weighted by Gasteiger charge is 2.15. The molecule has 5 nitrogen and oxygen atoms in total. The molecule has 96 valence electrons. The number of rotatable bonds is 3. The van der Waals surface area contributed by atoms with E-state index >= 15 is 0 Å². The Bertz CT molecular complexity index is 667. The first-order valence-electron chi connectivity index (χ1n) is 6.02. The van der Waals surface area contributed by atoms with Gasteiger partial charge < -0.3 is 14.1 Å². The second-order valence-corrected chi connectivity index (χ2v) is 4.30. The molecule has 3 aromatic rings. The number of nitrogens with one attached hydrogen (secondary N) is 1. The Morgan fingerprint density at radius 1 is 1.37 bits per heavy atom. The zero-order valence-corrected chi connectivity index (χ0v) is 10.4. The molecule has 0 unspecified atom stereocenters. The third kappa shape index (κ3) is 2.22. The molecule has 3 heterocycles. The Balaban J connectivity index is 1.80. The molecular weight excluding hydrogens is 242 g/mol. The highest BCUT2D eigenvalue weighted by molar-refractivity contribution is 5.93. The Labute approximate surface area is 109 Å². The minimum Gasteiger partial charge on any atom is -0.467 e. The molecule has 0 aliphatic heterocycles. The van der Waals surface area contributed by atoms with Gasteiger partial charge in [-0.05, 0) is 31.2 Å². The average Bonchev–Trinajstić information content (AvgIpc) is 3.07. The second kappa shape index (κ2) is 4.61. The maximum absolute atomic E-state index is 12.1. The highest BCUT2D eigenvalue weighted by atomic mass is 16.3. The highest BCUT2D eigenvalue weighted by Crippen LogP contribution is 2.13. The quantitative estimate of drug-likeness (QED) is 0.781. The first-order chi connectivity index (χ1) is 9.24.